The van der Waals surface area contributed by atoms with E-state index in [-0.39, 0.29) is 5.12 Å². The second-order valence-electron chi connectivity index (χ2n) is 5.83. The summed E-state index contributed by atoms with van der Waals surface area (Å²) in [6.45, 7) is 10.0. The highest BCUT2D eigenvalue weighted by molar-refractivity contribution is 8.14. The summed E-state index contributed by atoms with van der Waals surface area (Å²) in [6.07, 6.45) is 4.57. The molecule has 0 aromatic heterocycles. The molecule has 0 heterocycles. The maximum absolute atomic E-state index is 12.5. The number of ether oxygens (including phenoxy) is 1. The van der Waals surface area contributed by atoms with Crippen LogP contribution >= 0.6 is 11.8 Å². The molecule has 0 fully saturated rings. The molecule has 0 saturated heterocycles. The smallest absolute Gasteiger partial charge is 0.223 e. The van der Waals surface area contributed by atoms with Crippen molar-refractivity contribution in [1.82, 2.24) is 4.90 Å². The van der Waals surface area contributed by atoms with E-state index in [1.54, 1.807) is 18.2 Å². The Morgan fingerprint density at radius 1 is 1.17 bits per heavy atom. The molecule has 5 heteroatoms. The number of hydrogen-bond acceptors (Lipinski definition) is 5. The van der Waals surface area contributed by atoms with Gasteiger partial charge in [-0.1, -0.05) is 51.8 Å². The Hall–Kier alpha value is -1.20. The molecule has 0 aliphatic carbocycles. The fourth-order valence-electron chi connectivity index (χ4n) is 2.42. The predicted octanol–water partition coefficient (Wildman–Crippen LogP) is 4.44. The van der Waals surface area contributed by atoms with E-state index in [1.165, 1.54) is 24.6 Å². The van der Waals surface area contributed by atoms with Crippen LogP contribution in [0.25, 0.3) is 0 Å². The molecule has 0 radical (unpaired) electrons. The number of nitrogen functional groups attached to an aromatic ring is 1. The van der Waals surface area contributed by atoms with Crippen molar-refractivity contribution in [1.29, 1.82) is 0 Å². The van der Waals surface area contributed by atoms with E-state index in [1.807, 2.05) is 0 Å². The molecule has 2 N–H and O–H groups in total. The van der Waals surface area contributed by atoms with Crippen LogP contribution in [0.2, 0.25) is 0 Å². The quantitative estimate of drug-likeness (QED) is 0.445. The molecule has 0 unspecified atom stereocenters. The third kappa shape index (κ3) is 7.58. The Morgan fingerprint density at radius 3 is 2.58 bits per heavy atom. The summed E-state index contributed by atoms with van der Waals surface area (Å²) in [5.41, 5.74) is 7.11. The van der Waals surface area contributed by atoms with Crippen molar-refractivity contribution in [3.63, 3.8) is 0 Å². The SMILES string of the molecule is CCCCCCOc1cc(N)ccc1C(=O)SCCN(CC)CC. The molecule has 136 valence electrons. The minimum Gasteiger partial charge on any atom is -0.493 e. The zero-order valence-corrected chi connectivity index (χ0v) is 16.2. The van der Waals surface area contributed by atoms with Crippen LogP contribution < -0.4 is 10.5 Å². The van der Waals surface area contributed by atoms with E-state index in [0.717, 1.165) is 38.2 Å². The maximum atomic E-state index is 12.5. The standard InChI is InChI=1S/C19H32N2O2S/c1-4-7-8-9-13-23-18-15-16(20)10-11-17(18)19(22)24-14-12-21(5-2)6-3/h10-11,15H,4-9,12-14,20H2,1-3H3. The van der Waals surface area contributed by atoms with Gasteiger partial charge in [0.2, 0.25) is 5.12 Å². The number of benzene rings is 1. The molecule has 4 nitrogen and oxygen atoms in total. The second kappa shape index (κ2) is 12.2. The number of carbonyl (C=O) groups excluding carboxylic acids is 1. The Kier molecular flexibility index (Phi) is 10.6. The topological polar surface area (TPSA) is 55.6 Å². The Labute approximate surface area is 151 Å². The summed E-state index contributed by atoms with van der Waals surface area (Å²) in [6, 6.07) is 5.31. The molecular formula is C19H32N2O2S. The van der Waals surface area contributed by atoms with Crippen LogP contribution in [0.1, 0.15) is 56.8 Å². The molecule has 1 aromatic carbocycles. The number of hydrogen-bond donors (Lipinski definition) is 1. The van der Waals surface area contributed by atoms with Crippen molar-refractivity contribution in [2.45, 2.75) is 46.5 Å². The molecule has 1 aromatic rings. The monoisotopic (exact) mass is 352 g/mol. The van der Waals surface area contributed by atoms with Gasteiger partial charge < -0.3 is 15.4 Å². The highest BCUT2D eigenvalue weighted by Gasteiger charge is 2.14. The van der Waals surface area contributed by atoms with Gasteiger partial charge in [0.25, 0.3) is 0 Å². The summed E-state index contributed by atoms with van der Waals surface area (Å²) >= 11 is 1.35. The normalized spacial score (nSPS) is 11.0. The average Bonchev–Trinajstić information content (AvgIpc) is 2.58. The lowest BCUT2D eigenvalue weighted by molar-refractivity contribution is 0.108. The third-order valence-corrected chi connectivity index (χ3v) is 4.88. The van der Waals surface area contributed by atoms with Gasteiger partial charge in [-0.15, -0.1) is 0 Å². The molecule has 0 amide bonds. The molecule has 24 heavy (non-hydrogen) atoms. The molecule has 0 spiro atoms. The van der Waals surface area contributed by atoms with E-state index in [9.17, 15) is 4.79 Å². The minimum absolute atomic E-state index is 0.0608. The first-order chi connectivity index (χ1) is 11.6. The Bertz CT molecular complexity index is 490. The average molecular weight is 353 g/mol. The summed E-state index contributed by atoms with van der Waals surface area (Å²) in [5.74, 6) is 1.41. The zero-order valence-electron chi connectivity index (χ0n) is 15.3. The first-order valence-corrected chi connectivity index (χ1v) is 10.0. The van der Waals surface area contributed by atoms with Crippen molar-refractivity contribution < 1.29 is 9.53 Å². The van der Waals surface area contributed by atoms with E-state index < -0.39 is 0 Å². The van der Waals surface area contributed by atoms with E-state index in [4.69, 9.17) is 10.5 Å². The van der Waals surface area contributed by atoms with Crippen molar-refractivity contribution in [2.24, 2.45) is 0 Å². The molecule has 0 aliphatic rings. The lowest BCUT2D eigenvalue weighted by atomic mass is 10.2. The van der Waals surface area contributed by atoms with Gasteiger partial charge in [-0.05, 0) is 31.6 Å². The number of unbranched alkanes of at least 4 members (excludes halogenated alkanes) is 3. The largest absolute Gasteiger partial charge is 0.493 e. The van der Waals surface area contributed by atoms with Crippen LogP contribution in [0.4, 0.5) is 5.69 Å². The highest BCUT2D eigenvalue weighted by atomic mass is 32.2. The first kappa shape index (κ1) is 20.8. The fourth-order valence-corrected chi connectivity index (χ4v) is 3.28. The summed E-state index contributed by atoms with van der Waals surface area (Å²) in [7, 11) is 0. The van der Waals surface area contributed by atoms with Crippen LogP contribution in [0.3, 0.4) is 0 Å². The lowest BCUT2D eigenvalue weighted by Crippen LogP contribution is -2.25. The first-order valence-electron chi connectivity index (χ1n) is 9.04. The van der Waals surface area contributed by atoms with Gasteiger partial charge in [0.1, 0.15) is 5.75 Å². The van der Waals surface area contributed by atoms with E-state index in [2.05, 4.69) is 25.7 Å². The van der Waals surface area contributed by atoms with Gasteiger partial charge in [-0.3, -0.25) is 4.79 Å². The van der Waals surface area contributed by atoms with Crippen LogP contribution in [-0.2, 0) is 0 Å². The number of carbonyl (C=O) groups is 1. The van der Waals surface area contributed by atoms with Crippen LogP contribution in [0.15, 0.2) is 18.2 Å². The van der Waals surface area contributed by atoms with Crippen molar-refractivity contribution >= 4 is 22.6 Å². The minimum atomic E-state index is 0.0608. The van der Waals surface area contributed by atoms with E-state index in [0.29, 0.717) is 23.6 Å². The molecular weight excluding hydrogens is 320 g/mol. The molecule has 0 bridgehead atoms. The lowest BCUT2D eigenvalue weighted by Gasteiger charge is -2.17. The summed E-state index contributed by atoms with van der Waals surface area (Å²) in [4.78, 5) is 14.8. The number of thioether (sulfide) groups is 1. The van der Waals surface area contributed by atoms with Crippen LogP contribution in [0.5, 0.6) is 5.75 Å². The van der Waals surface area contributed by atoms with Crippen molar-refractivity contribution in [2.75, 3.05) is 37.7 Å². The highest BCUT2D eigenvalue weighted by Crippen LogP contribution is 2.26. The van der Waals surface area contributed by atoms with E-state index >= 15 is 0 Å². The second-order valence-corrected chi connectivity index (χ2v) is 6.90. The Balaban J connectivity index is 2.57. The number of nitrogens with two attached hydrogens (primary N) is 1. The van der Waals surface area contributed by atoms with Crippen LogP contribution in [-0.4, -0.2) is 42.0 Å². The summed E-state index contributed by atoms with van der Waals surface area (Å²) < 4.78 is 5.83. The number of rotatable bonds is 12. The van der Waals surface area contributed by atoms with Crippen molar-refractivity contribution in [3.8, 4) is 5.75 Å². The molecule has 0 aliphatic heterocycles. The van der Waals surface area contributed by atoms with Gasteiger partial charge >= 0.3 is 0 Å². The van der Waals surface area contributed by atoms with Gasteiger partial charge in [0.05, 0.1) is 12.2 Å². The predicted molar refractivity (Wildman–Crippen MR) is 105 cm³/mol. The van der Waals surface area contributed by atoms with Crippen LogP contribution in [0, 0.1) is 0 Å². The van der Waals surface area contributed by atoms with Gasteiger partial charge in [0.15, 0.2) is 0 Å². The number of anilines is 1. The van der Waals surface area contributed by atoms with Gasteiger partial charge in [0, 0.05) is 24.1 Å². The fraction of sp³-hybridized carbons (Fsp3) is 0.632. The molecule has 1 rings (SSSR count). The zero-order chi connectivity index (χ0) is 17.8. The summed E-state index contributed by atoms with van der Waals surface area (Å²) in [5, 5.41) is 0.0608. The molecule has 0 saturated carbocycles. The third-order valence-electron chi connectivity index (χ3n) is 4.02. The van der Waals surface area contributed by atoms with Gasteiger partial charge in [-0.25, -0.2) is 0 Å². The van der Waals surface area contributed by atoms with Gasteiger partial charge in [-0.2, -0.15) is 0 Å². The maximum Gasteiger partial charge on any atom is 0.223 e. The Morgan fingerprint density at radius 2 is 1.92 bits per heavy atom. The molecule has 0 atom stereocenters. The van der Waals surface area contributed by atoms with Crippen molar-refractivity contribution in [3.05, 3.63) is 23.8 Å². The number of nitrogens with zero attached hydrogens (tertiary/aromatic N) is 1.